The SMILES string of the molecule is Fc1cc(Cl)cc(Br)c1CN1CCC1. The molecule has 0 amide bonds. The van der Waals surface area contributed by atoms with Crippen molar-refractivity contribution in [3.63, 3.8) is 0 Å². The fourth-order valence-corrected chi connectivity index (χ4v) is 2.38. The van der Waals surface area contributed by atoms with Crippen LogP contribution in [-0.2, 0) is 6.54 Å². The van der Waals surface area contributed by atoms with Gasteiger partial charge in [-0.3, -0.25) is 4.90 Å². The van der Waals surface area contributed by atoms with Crippen LogP contribution in [0.15, 0.2) is 16.6 Å². The molecule has 0 radical (unpaired) electrons. The second kappa shape index (κ2) is 4.17. The smallest absolute Gasteiger partial charge is 0.130 e. The molecule has 1 saturated heterocycles. The Bertz CT molecular complexity index is 329. The molecule has 1 nitrogen and oxygen atoms in total. The van der Waals surface area contributed by atoms with Gasteiger partial charge in [-0.1, -0.05) is 27.5 Å². The maximum atomic E-state index is 13.5. The molecular formula is C10H10BrClFN. The van der Waals surface area contributed by atoms with Crippen molar-refractivity contribution in [3.05, 3.63) is 33.0 Å². The fraction of sp³-hybridized carbons (Fsp3) is 0.400. The second-order valence-electron chi connectivity index (χ2n) is 3.48. The summed E-state index contributed by atoms with van der Waals surface area (Å²) in [6.07, 6.45) is 1.22. The van der Waals surface area contributed by atoms with E-state index in [0.717, 1.165) is 17.6 Å². The van der Waals surface area contributed by atoms with E-state index in [2.05, 4.69) is 20.8 Å². The van der Waals surface area contributed by atoms with Crippen molar-refractivity contribution >= 4 is 27.5 Å². The normalized spacial score (nSPS) is 16.8. The van der Waals surface area contributed by atoms with Gasteiger partial charge in [0.25, 0.3) is 0 Å². The lowest BCUT2D eigenvalue weighted by molar-refractivity contribution is 0.170. The Morgan fingerprint density at radius 1 is 1.43 bits per heavy atom. The van der Waals surface area contributed by atoms with Crippen LogP contribution in [0.25, 0.3) is 0 Å². The van der Waals surface area contributed by atoms with Crippen LogP contribution in [0.2, 0.25) is 5.02 Å². The van der Waals surface area contributed by atoms with Crippen LogP contribution in [0, 0.1) is 5.82 Å². The highest BCUT2D eigenvalue weighted by molar-refractivity contribution is 9.10. The van der Waals surface area contributed by atoms with Gasteiger partial charge in [-0.05, 0) is 31.6 Å². The summed E-state index contributed by atoms with van der Waals surface area (Å²) in [6, 6.07) is 3.10. The molecule has 1 aromatic rings. The Balaban J connectivity index is 2.22. The number of benzene rings is 1. The van der Waals surface area contributed by atoms with Gasteiger partial charge in [0.1, 0.15) is 5.82 Å². The molecule has 4 heteroatoms. The summed E-state index contributed by atoms with van der Waals surface area (Å²) < 4.78 is 14.2. The topological polar surface area (TPSA) is 3.24 Å². The lowest BCUT2D eigenvalue weighted by atomic mass is 10.1. The molecule has 0 saturated carbocycles. The Labute approximate surface area is 96.0 Å². The Morgan fingerprint density at radius 3 is 2.64 bits per heavy atom. The van der Waals surface area contributed by atoms with Crippen LogP contribution >= 0.6 is 27.5 Å². The number of nitrogens with zero attached hydrogens (tertiary/aromatic N) is 1. The number of hydrogen-bond acceptors (Lipinski definition) is 1. The highest BCUT2D eigenvalue weighted by atomic mass is 79.9. The molecular weight excluding hydrogens is 268 g/mol. The van der Waals surface area contributed by atoms with Gasteiger partial charge in [-0.15, -0.1) is 0 Å². The first-order chi connectivity index (χ1) is 6.66. The van der Waals surface area contributed by atoms with E-state index in [9.17, 15) is 4.39 Å². The van der Waals surface area contributed by atoms with Crippen molar-refractivity contribution in [2.75, 3.05) is 13.1 Å². The Hall–Kier alpha value is -0.120. The van der Waals surface area contributed by atoms with E-state index in [1.807, 2.05) is 0 Å². The lowest BCUT2D eigenvalue weighted by Crippen LogP contribution is -2.36. The minimum atomic E-state index is -0.226. The van der Waals surface area contributed by atoms with Crippen LogP contribution in [0.4, 0.5) is 4.39 Å². The number of likely N-dealkylation sites (tertiary alicyclic amines) is 1. The quantitative estimate of drug-likeness (QED) is 0.801. The average molecular weight is 279 g/mol. The number of rotatable bonds is 2. The first-order valence-electron chi connectivity index (χ1n) is 4.52. The van der Waals surface area contributed by atoms with E-state index in [4.69, 9.17) is 11.6 Å². The third-order valence-corrected chi connectivity index (χ3v) is 3.36. The molecule has 0 spiro atoms. The van der Waals surface area contributed by atoms with Crippen LogP contribution in [0.5, 0.6) is 0 Å². The van der Waals surface area contributed by atoms with Gasteiger partial charge in [0.05, 0.1) is 0 Å². The van der Waals surface area contributed by atoms with Crippen molar-refractivity contribution in [1.82, 2.24) is 4.90 Å². The molecule has 0 N–H and O–H groups in total. The highest BCUT2D eigenvalue weighted by Crippen LogP contribution is 2.27. The standard InChI is InChI=1S/C10H10BrClFN/c11-9-4-7(12)5-10(13)8(9)6-14-2-1-3-14/h4-5H,1-3,6H2. The van der Waals surface area contributed by atoms with Crippen molar-refractivity contribution in [3.8, 4) is 0 Å². The second-order valence-corrected chi connectivity index (χ2v) is 4.77. The molecule has 2 rings (SSSR count). The third kappa shape index (κ3) is 2.10. The van der Waals surface area contributed by atoms with E-state index in [-0.39, 0.29) is 5.82 Å². The zero-order chi connectivity index (χ0) is 10.1. The molecule has 14 heavy (non-hydrogen) atoms. The van der Waals surface area contributed by atoms with Crippen molar-refractivity contribution < 1.29 is 4.39 Å². The molecule has 0 bridgehead atoms. The van der Waals surface area contributed by atoms with Gasteiger partial charge in [0, 0.05) is 21.6 Å². The van der Waals surface area contributed by atoms with Gasteiger partial charge in [0.15, 0.2) is 0 Å². The molecule has 76 valence electrons. The minimum absolute atomic E-state index is 0.226. The van der Waals surface area contributed by atoms with E-state index in [1.54, 1.807) is 6.07 Å². The maximum Gasteiger partial charge on any atom is 0.130 e. The molecule has 1 aliphatic rings. The molecule has 1 aliphatic heterocycles. The summed E-state index contributed by atoms with van der Waals surface area (Å²) in [4.78, 5) is 2.21. The van der Waals surface area contributed by atoms with Crippen molar-refractivity contribution in [1.29, 1.82) is 0 Å². The monoisotopic (exact) mass is 277 g/mol. The van der Waals surface area contributed by atoms with Gasteiger partial charge in [-0.2, -0.15) is 0 Å². The highest BCUT2D eigenvalue weighted by Gasteiger charge is 2.17. The summed E-state index contributed by atoms with van der Waals surface area (Å²) >= 11 is 9.05. The van der Waals surface area contributed by atoms with Crippen molar-refractivity contribution in [2.24, 2.45) is 0 Å². The first-order valence-corrected chi connectivity index (χ1v) is 5.69. The van der Waals surface area contributed by atoms with E-state index in [1.165, 1.54) is 12.5 Å². The average Bonchev–Trinajstić information content (AvgIpc) is 1.98. The zero-order valence-electron chi connectivity index (χ0n) is 7.56. The van der Waals surface area contributed by atoms with Crippen LogP contribution in [0.1, 0.15) is 12.0 Å². The minimum Gasteiger partial charge on any atom is -0.299 e. The van der Waals surface area contributed by atoms with Gasteiger partial charge < -0.3 is 0 Å². The fourth-order valence-electron chi connectivity index (χ4n) is 1.49. The number of halogens is 3. The summed E-state index contributed by atoms with van der Waals surface area (Å²) in [5, 5.41) is 0.432. The van der Waals surface area contributed by atoms with Gasteiger partial charge in [-0.25, -0.2) is 4.39 Å². The molecule has 0 unspecified atom stereocenters. The van der Waals surface area contributed by atoms with Gasteiger partial charge >= 0.3 is 0 Å². The van der Waals surface area contributed by atoms with E-state index < -0.39 is 0 Å². The predicted molar refractivity (Wildman–Crippen MR) is 59.0 cm³/mol. The van der Waals surface area contributed by atoms with Crippen LogP contribution in [-0.4, -0.2) is 18.0 Å². The zero-order valence-corrected chi connectivity index (χ0v) is 9.91. The molecule has 1 fully saturated rings. The largest absolute Gasteiger partial charge is 0.299 e. The summed E-state index contributed by atoms with van der Waals surface area (Å²) in [5.74, 6) is -0.226. The molecule has 0 aromatic heterocycles. The van der Waals surface area contributed by atoms with Crippen LogP contribution in [0.3, 0.4) is 0 Å². The van der Waals surface area contributed by atoms with E-state index in [0.29, 0.717) is 17.1 Å². The summed E-state index contributed by atoms with van der Waals surface area (Å²) in [5.41, 5.74) is 0.703. The Morgan fingerprint density at radius 2 is 2.14 bits per heavy atom. The molecule has 1 heterocycles. The Kier molecular flexibility index (Phi) is 3.10. The van der Waals surface area contributed by atoms with E-state index >= 15 is 0 Å². The summed E-state index contributed by atoms with van der Waals surface area (Å²) in [6.45, 7) is 2.80. The lowest BCUT2D eigenvalue weighted by Gasteiger charge is -2.31. The predicted octanol–water partition coefficient (Wildman–Crippen LogP) is 3.45. The first kappa shape index (κ1) is 10.4. The number of hydrogen-bond donors (Lipinski definition) is 0. The summed E-state index contributed by atoms with van der Waals surface area (Å²) in [7, 11) is 0. The molecule has 0 atom stereocenters. The molecule has 0 aliphatic carbocycles. The van der Waals surface area contributed by atoms with Gasteiger partial charge in [0.2, 0.25) is 0 Å². The third-order valence-electron chi connectivity index (χ3n) is 2.44. The van der Waals surface area contributed by atoms with Crippen molar-refractivity contribution in [2.45, 2.75) is 13.0 Å². The van der Waals surface area contributed by atoms with Crippen LogP contribution < -0.4 is 0 Å². The molecule has 1 aromatic carbocycles. The maximum absolute atomic E-state index is 13.5.